The zero-order chi connectivity index (χ0) is 14.8. The molecule has 2 aromatic rings. The Bertz CT molecular complexity index is 627. The first kappa shape index (κ1) is 14.4. The minimum Gasteiger partial charge on any atom is -0.390 e. The Kier molecular flexibility index (Phi) is 4.16. The summed E-state index contributed by atoms with van der Waals surface area (Å²) in [5.41, 5.74) is 8.09. The van der Waals surface area contributed by atoms with E-state index in [0.717, 1.165) is 24.8 Å². The number of fused-ring (bicyclic) bond motifs is 1. The van der Waals surface area contributed by atoms with E-state index in [1.165, 1.54) is 10.4 Å². The van der Waals surface area contributed by atoms with Gasteiger partial charge in [-0.3, -0.25) is 0 Å². The van der Waals surface area contributed by atoms with Crippen molar-refractivity contribution in [1.29, 1.82) is 0 Å². The van der Waals surface area contributed by atoms with E-state index in [-0.39, 0.29) is 6.61 Å². The Morgan fingerprint density at radius 1 is 1.38 bits per heavy atom. The third kappa shape index (κ3) is 3.06. The summed E-state index contributed by atoms with van der Waals surface area (Å²) in [4.78, 5) is 5.58. The number of rotatable bonds is 6. The van der Waals surface area contributed by atoms with Gasteiger partial charge in [0.2, 0.25) is 0 Å². The number of ether oxygens (including phenoxy) is 1. The molecule has 0 spiro atoms. The average molecular weight is 315 g/mol. The number of hydrogen-bond acceptors (Lipinski definition) is 6. The minimum atomic E-state index is -2.46. The maximum atomic E-state index is 11.9. The Hall–Kier alpha value is -1.54. The quantitative estimate of drug-likeness (QED) is 0.830. The van der Waals surface area contributed by atoms with Gasteiger partial charge in [-0.05, 0) is 24.8 Å². The summed E-state index contributed by atoms with van der Waals surface area (Å²) < 4.78 is 33.9. The molecule has 114 valence electrons. The Balaban J connectivity index is 1.68. The summed E-state index contributed by atoms with van der Waals surface area (Å²) in [5.74, 6) is 0.854. The van der Waals surface area contributed by atoms with Gasteiger partial charge in [0.1, 0.15) is 6.61 Å². The molecule has 0 aromatic carbocycles. The molecule has 0 saturated heterocycles. The van der Waals surface area contributed by atoms with Gasteiger partial charge < -0.3 is 15.0 Å². The molecule has 0 fully saturated rings. The van der Waals surface area contributed by atoms with Gasteiger partial charge in [-0.25, -0.2) is 8.78 Å². The van der Waals surface area contributed by atoms with E-state index >= 15 is 0 Å². The molecule has 0 amide bonds. The molecule has 0 unspecified atom stereocenters. The molecule has 5 nitrogen and oxygen atoms in total. The number of nitrogen functional groups attached to an aromatic ring is 1. The highest BCUT2D eigenvalue weighted by Crippen LogP contribution is 2.42. The Morgan fingerprint density at radius 2 is 2.24 bits per heavy atom. The average Bonchev–Trinajstić information content (AvgIpc) is 3.10. The Morgan fingerprint density at radius 3 is 3.05 bits per heavy atom. The first-order valence-corrected chi connectivity index (χ1v) is 7.55. The van der Waals surface area contributed by atoms with Gasteiger partial charge in [0.05, 0.1) is 17.2 Å². The van der Waals surface area contributed by atoms with E-state index in [9.17, 15) is 8.78 Å². The van der Waals surface area contributed by atoms with Crippen LogP contribution in [-0.2, 0) is 24.0 Å². The van der Waals surface area contributed by atoms with Crippen molar-refractivity contribution in [3.05, 3.63) is 16.3 Å². The highest BCUT2D eigenvalue weighted by Gasteiger charge is 2.25. The van der Waals surface area contributed by atoms with Gasteiger partial charge in [-0.15, -0.1) is 11.3 Å². The van der Waals surface area contributed by atoms with Gasteiger partial charge in [0.25, 0.3) is 12.3 Å². The standard InChI is InChI=1S/C13H15F2N3O2S/c14-9(15)6-19-5-4-10-17-13(20-18-10)11-7-2-1-3-8(7)21-12(11)16/h9H,1-6,16H2. The lowest BCUT2D eigenvalue weighted by Crippen LogP contribution is -2.07. The zero-order valence-corrected chi connectivity index (χ0v) is 12.1. The zero-order valence-electron chi connectivity index (χ0n) is 11.3. The molecule has 0 aliphatic heterocycles. The molecule has 0 saturated carbocycles. The fourth-order valence-corrected chi connectivity index (χ4v) is 3.60. The number of nitrogens with two attached hydrogens (primary N) is 1. The number of aryl methyl sites for hydroxylation is 1. The molecule has 3 rings (SSSR count). The Labute approximate surface area is 124 Å². The molecular formula is C13H15F2N3O2S. The number of thiophene rings is 1. The lowest BCUT2D eigenvalue weighted by atomic mass is 10.1. The molecule has 2 N–H and O–H groups in total. The topological polar surface area (TPSA) is 74.2 Å². The first-order valence-electron chi connectivity index (χ1n) is 6.74. The van der Waals surface area contributed by atoms with Crippen molar-refractivity contribution in [1.82, 2.24) is 10.1 Å². The normalized spacial score (nSPS) is 14.0. The molecule has 1 aliphatic rings. The van der Waals surface area contributed by atoms with Gasteiger partial charge in [0.15, 0.2) is 5.82 Å². The third-order valence-corrected chi connectivity index (χ3v) is 4.47. The maximum absolute atomic E-state index is 11.9. The van der Waals surface area contributed by atoms with Crippen LogP contribution < -0.4 is 5.73 Å². The predicted molar refractivity (Wildman–Crippen MR) is 74.6 cm³/mol. The van der Waals surface area contributed by atoms with E-state index < -0.39 is 13.0 Å². The first-order chi connectivity index (χ1) is 10.1. The molecule has 2 aromatic heterocycles. The fourth-order valence-electron chi connectivity index (χ4n) is 2.45. The van der Waals surface area contributed by atoms with Crippen LogP contribution >= 0.6 is 11.3 Å². The lowest BCUT2D eigenvalue weighted by Gasteiger charge is -1.99. The van der Waals surface area contributed by atoms with Crippen LogP contribution in [0.4, 0.5) is 13.8 Å². The highest BCUT2D eigenvalue weighted by molar-refractivity contribution is 7.16. The van der Waals surface area contributed by atoms with Crippen LogP contribution in [0.15, 0.2) is 4.52 Å². The van der Waals surface area contributed by atoms with Crippen LogP contribution in [0.2, 0.25) is 0 Å². The van der Waals surface area contributed by atoms with Crippen molar-refractivity contribution in [3.63, 3.8) is 0 Å². The van der Waals surface area contributed by atoms with Crippen LogP contribution in [0.5, 0.6) is 0 Å². The second-order valence-corrected chi connectivity index (χ2v) is 5.97. The molecule has 0 bridgehead atoms. The number of halogens is 2. The number of alkyl halides is 2. The third-order valence-electron chi connectivity index (χ3n) is 3.34. The molecular weight excluding hydrogens is 300 g/mol. The van der Waals surface area contributed by atoms with Crippen molar-refractivity contribution in [3.8, 4) is 11.5 Å². The summed E-state index contributed by atoms with van der Waals surface area (Å²) >= 11 is 1.57. The fraction of sp³-hybridized carbons (Fsp3) is 0.538. The van der Waals surface area contributed by atoms with Crippen molar-refractivity contribution >= 4 is 16.3 Å². The largest absolute Gasteiger partial charge is 0.390 e. The number of anilines is 1. The molecule has 8 heteroatoms. The van der Waals surface area contributed by atoms with Crippen molar-refractivity contribution < 1.29 is 18.0 Å². The van der Waals surface area contributed by atoms with Crippen molar-refractivity contribution in [2.24, 2.45) is 0 Å². The molecule has 2 heterocycles. The summed E-state index contributed by atoms with van der Waals surface area (Å²) in [6.45, 7) is -0.434. The number of nitrogens with zero attached hydrogens (tertiary/aromatic N) is 2. The minimum absolute atomic E-state index is 0.139. The van der Waals surface area contributed by atoms with E-state index in [1.807, 2.05) is 0 Å². The summed E-state index contributed by atoms with van der Waals surface area (Å²) in [6.07, 6.45) is 1.03. The predicted octanol–water partition coefficient (Wildman–Crippen LogP) is 2.69. The second kappa shape index (κ2) is 6.07. The second-order valence-electron chi connectivity index (χ2n) is 4.83. The van der Waals surface area contributed by atoms with Crippen LogP contribution in [0, 0.1) is 0 Å². The van der Waals surface area contributed by atoms with Crippen molar-refractivity contribution in [2.75, 3.05) is 18.9 Å². The monoisotopic (exact) mass is 315 g/mol. The van der Waals surface area contributed by atoms with Gasteiger partial charge in [0, 0.05) is 11.3 Å². The summed E-state index contributed by atoms with van der Waals surface area (Å²) in [6, 6.07) is 0. The SMILES string of the molecule is Nc1sc2c(c1-c1nc(CCOCC(F)F)no1)CCC2. The van der Waals surface area contributed by atoms with Crippen LogP contribution in [0.25, 0.3) is 11.5 Å². The summed E-state index contributed by atoms with van der Waals surface area (Å²) in [5, 5.41) is 4.55. The molecule has 0 radical (unpaired) electrons. The van der Waals surface area contributed by atoms with Crippen molar-refractivity contribution in [2.45, 2.75) is 32.1 Å². The number of aromatic nitrogens is 2. The highest BCUT2D eigenvalue weighted by atomic mass is 32.1. The van der Waals surface area contributed by atoms with E-state index in [2.05, 4.69) is 10.1 Å². The van der Waals surface area contributed by atoms with E-state index in [4.69, 9.17) is 15.0 Å². The van der Waals surface area contributed by atoms with Crippen LogP contribution in [-0.4, -0.2) is 29.8 Å². The maximum Gasteiger partial charge on any atom is 0.261 e. The molecule has 21 heavy (non-hydrogen) atoms. The molecule has 0 atom stereocenters. The van der Waals surface area contributed by atoms with E-state index in [1.54, 1.807) is 11.3 Å². The van der Waals surface area contributed by atoms with Crippen LogP contribution in [0.3, 0.4) is 0 Å². The van der Waals surface area contributed by atoms with Gasteiger partial charge >= 0.3 is 0 Å². The van der Waals surface area contributed by atoms with E-state index in [0.29, 0.717) is 23.1 Å². The van der Waals surface area contributed by atoms with Gasteiger partial charge in [-0.2, -0.15) is 4.98 Å². The lowest BCUT2D eigenvalue weighted by molar-refractivity contribution is 0.0182. The number of hydrogen-bond donors (Lipinski definition) is 1. The van der Waals surface area contributed by atoms with Gasteiger partial charge in [-0.1, -0.05) is 5.16 Å². The van der Waals surface area contributed by atoms with Crippen LogP contribution in [0.1, 0.15) is 22.7 Å². The molecule has 1 aliphatic carbocycles. The smallest absolute Gasteiger partial charge is 0.261 e. The summed E-state index contributed by atoms with van der Waals surface area (Å²) in [7, 11) is 0.